The van der Waals surface area contributed by atoms with Gasteiger partial charge in [0.2, 0.25) is 5.89 Å². The van der Waals surface area contributed by atoms with E-state index in [-0.39, 0.29) is 0 Å². The Kier molecular flexibility index (Phi) is 5.29. The Labute approximate surface area is 129 Å². The minimum atomic E-state index is 0.757. The first-order chi connectivity index (χ1) is 10.4. The van der Waals surface area contributed by atoms with Gasteiger partial charge in [0.05, 0.1) is 5.75 Å². The van der Waals surface area contributed by atoms with Crippen LogP contribution in [0.3, 0.4) is 0 Å². The summed E-state index contributed by atoms with van der Waals surface area (Å²) in [6.07, 6.45) is 4.64. The van der Waals surface area contributed by atoms with E-state index in [1.54, 1.807) is 11.8 Å². The smallest absolute Gasteiger partial charge is 0.226 e. The zero-order chi connectivity index (χ0) is 14.3. The van der Waals surface area contributed by atoms with E-state index < -0.39 is 0 Å². The number of aryl methyl sites for hydroxylation is 1. The number of thioether (sulfide) groups is 1. The van der Waals surface area contributed by atoms with Crippen LogP contribution in [0.5, 0.6) is 0 Å². The summed E-state index contributed by atoms with van der Waals surface area (Å²) in [7, 11) is 0. The fraction of sp³-hybridized carbons (Fsp3) is 0.500. The first kappa shape index (κ1) is 14.6. The van der Waals surface area contributed by atoms with E-state index in [1.165, 1.54) is 17.7 Å². The van der Waals surface area contributed by atoms with Crippen molar-refractivity contribution in [2.75, 3.05) is 13.1 Å². The second-order valence-corrected chi connectivity index (χ2v) is 6.51. The zero-order valence-corrected chi connectivity index (χ0v) is 12.9. The first-order valence-corrected chi connectivity index (χ1v) is 8.59. The van der Waals surface area contributed by atoms with Gasteiger partial charge in [0.1, 0.15) is 0 Å². The average molecular weight is 303 g/mol. The fourth-order valence-electron chi connectivity index (χ4n) is 2.61. The molecule has 0 bridgehead atoms. The lowest BCUT2D eigenvalue weighted by molar-refractivity contribution is 0.326. The minimum absolute atomic E-state index is 0.757. The molecule has 4 nitrogen and oxygen atoms in total. The van der Waals surface area contributed by atoms with E-state index in [0.29, 0.717) is 0 Å². The predicted octanol–water partition coefficient (Wildman–Crippen LogP) is 3.29. The predicted molar refractivity (Wildman–Crippen MR) is 84.2 cm³/mol. The molecule has 2 heterocycles. The van der Waals surface area contributed by atoms with Crippen molar-refractivity contribution in [2.24, 2.45) is 5.92 Å². The second-order valence-electron chi connectivity index (χ2n) is 5.46. The van der Waals surface area contributed by atoms with Crippen LogP contribution in [-0.4, -0.2) is 23.2 Å². The summed E-state index contributed by atoms with van der Waals surface area (Å²) in [6.45, 7) is 2.29. The van der Waals surface area contributed by atoms with Gasteiger partial charge in [-0.15, -0.1) is 11.8 Å². The largest absolute Gasteiger partial charge is 0.339 e. The molecule has 1 saturated heterocycles. The quantitative estimate of drug-likeness (QED) is 0.830. The summed E-state index contributed by atoms with van der Waals surface area (Å²) >= 11 is 1.74. The molecule has 112 valence electrons. The van der Waals surface area contributed by atoms with Crippen LogP contribution in [0.2, 0.25) is 0 Å². The fourth-order valence-corrected chi connectivity index (χ4v) is 3.38. The average Bonchev–Trinajstić information content (AvgIpc) is 3.01. The molecule has 0 spiro atoms. The van der Waals surface area contributed by atoms with Gasteiger partial charge in [0.15, 0.2) is 5.82 Å². The highest BCUT2D eigenvalue weighted by molar-refractivity contribution is 7.98. The molecule has 5 heteroatoms. The van der Waals surface area contributed by atoms with E-state index in [1.807, 2.05) is 18.2 Å². The van der Waals surface area contributed by atoms with Gasteiger partial charge >= 0.3 is 0 Å². The van der Waals surface area contributed by atoms with Gasteiger partial charge in [0.25, 0.3) is 0 Å². The lowest BCUT2D eigenvalue weighted by Gasteiger charge is -2.21. The van der Waals surface area contributed by atoms with Gasteiger partial charge in [-0.1, -0.05) is 23.4 Å². The third-order valence-electron chi connectivity index (χ3n) is 3.79. The molecule has 1 unspecified atom stereocenters. The highest BCUT2D eigenvalue weighted by Gasteiger charge is 2.15. The molecule has 1 aromatic carbocycles. The number of benzene rings is 1. The SMILES string of the molecule is c1ccc(SCc2noc(CCC3CCCNC3)n2)cc1. The second kappa shape index (κ2) is 7.61. The summed E-state index contributed by atoms with van der Waals surface area (Å²) in [6, 6.07) is 10.3. The van der Waals surface area contributed by atoms with Crippen LogP contribution in [0.4, 0.5) is 0 Å². The Morgan fingerprint density at radius 3 is 3.00 bits per heavy atom. The van der Waals surface area contributed by atoms with Gasteiger partial charge in [-0.3, -0.25) is 0 Å². The van der Waals surface area contributed by atoms with Gasteiger partial charge in [-0.25, -0.2) is 0 Å². The monoisotopic (exact) mass is 303 g/mol. The summed E-state index contributed by atoms with van der Waals surface area (Å²) in [5.41, 5.74) is 0. The number of rotatable bonds is 6. The number of aromatic nitrogens is 2. The number of nitrogens with one attached hydrogen (secondary N) is 1. The molecule has 1 aliphatic rings. The van der Waals surface area contributed by atoms with E-state index >= 15 is 0 Å². The summed E-state index contributed by atoms with van der Waals surface area (Å²) in [5, 5.41) is 7.52. The summed E-state index contributed by atoms with van der Waals surface area (Å²) in [4.78, 5) is 5.72. The van der Waals surface area contributed by atoms with Crippen molar-refractivity contribution in [1.82, 2.24) is 15.5 Å². The van der Waals surface area contributed by atoms with Crippen molar-refractivity contribution >= 4 is 11.8 Å². The highest BCUT2D eigenvalue weighted by Crippen LogP contribution is 2.21. The number of hydrogen-bond acceptors (Lipinski definition) is 5. The van der Waals surface area contributed by atoms with Crippen molar-refractivity contribution in [3.8, 4) is 0 Å². The van der Waals surface area contributed by atoms with Crippen LogP contribution >= 0.6 is 11.8 Å². The van der Waals surface area contributed by atoms with Gasteiger partial charge < -0.3 is 9.84 Å². The van der Waals surface area contributed by atoms with Crippen LogP contribution in [0.1, 0.15) is 31.0 Å². The standard InChI is InChI=1S/C16H21N3OS/c1-2-6-14(7-3-1)21-12-15-18-16(20-19-15)9-8-13-5-4-10-17-11-13/h1-3,6-7,13,17H,4-5,8-12H2. The lowest BCUT2D eigenvalue weighted by atomic mass is 9.95. The maximum atomic E-state index is 5.35. The van der Waals surface area contributed by atoms with Gasteiger partial charge in [0, 0.05) is 11.3 Å². The van der Waals surface area contributed by atoms with Crippen LogP contribution in [0.25, 0.3) is 0 Å². The molecule has 1 aromatic heterocycles. The molecular weight excluding hydrogens is 282 g/mol. The van der Waals surface area contributed by atoms with E-state index in [4.69, 9.17) is 4.52 Å². The maximum absolute atomic E-state index is 5.35. The Balaban J connectivity index is 1.45. The Bertz CT molecular complexity index is 537. The van der Waals surface area contributed by atoms with Crippen molar-refractivity contribution in [3.63, 3.8) is 0 Å². The van der Waals surface area contributed by atoms with Crippen LogP contribution in [0.15, 0.2) is 39.8 Å². The molecule has 3 rings (SSSR count). The van der Waals surface area contributed by atoms with E-state index in [2.05, 4.69) is 27.6 Å². The molecular formula is C16H21N3OS. The first-order valence-electron chi connectivity index (χ1n) is 7.60. The number of piperidine rings is 1. The zero-order valence-electron chi connectivity index (χ0n) is 12.1. The molecule has 0 radical (unpaired) electrons. The van der Waals surface area contributed by atoms with E-state index in [9.17, 15) is 0 Å². The van der Waals surface area contributed by atoms with Gasteiger partial charge in [-0.05, 0) is 50.4 Å². The van der Waals surface area contributed by atoms with E-state index in [0.717, 1.165) is 49.3 Å². The Morgan fingerprint density at radius 1 is 1.29 bits per heavy atom. The molecule has 0 aliphatic carbocycles. The summed E-state index contributed by atoms with van der Waals surface area (Å²) < 4.78 is 5.35. The third kappa shape index (κ3) is 4.58. The van der Waals surface area contributed by atoms with Crippen LogP contribution < -0.4 is 5.32 Å². The van der Waals surface area contributed by atoms with Crippen molar-refractivity contribution < 1.29 is 4.52 Å². The van der Waals surface area contributed by atoms with Crippen molar-refractivity contribution in [1.29, 1.82) is 0 Å². The molecule has 0 saturated carbocycles. The van der Waals surface area contributed by atoms with Crippen LogP contribution in [-0.2, 0) is 12.2 Å². The molecule has 1 fully saturated rings. The highest BCUT2D eigenvalue weighted by atomic mass is 32.2. The number of nitrogens with zero attached hydrogens (tertiary/aromatic N) is 2. The maximum Gasteiger partial charge on any atom is 0.226 e. The molecule has 1 N–H and O–H groups in total. The summed E-state index contributed by atoms with van der Waals surface area (Å²) in [5.74, 6) is 3.09. The van der Waals surface area contributed by atoms with Crippen molar-refractivity contribution in [3.05, 3.63) is 42.0 Å². The topological polar surface area (TPSA) is 51.0 Å². The van der Waals surface area contributed by atoms with Crippen molar-refractivity contribution in [2.45, 2.75) is 36.3 Å². The lowest BCUT2D eigenvalue weighted by Crippen LogP contribution is -2.29. The molecule has 1 aliphatic heterocycles. The molecule has 0 amide bonds. The van der Waals surface area contributed by atoms with Gasteiger partial charge in [-0.2, -0.15) is 4.98 Å². The Morgan fingerprint density at radius 2 is 2.19 bits per heavy atom. The number of hydrogen-bond donors (Lipinski definition) is 1. The minimum Gasteiger partial charge on any atom is -0.339 e. The third-order valence-corrected chi connectivity index (χ3v) is 4.79. The molecule has 21 heavy (non-hydrogen) atoms. The Hall–Kier alpha value is -1.33. The van der Waals surface area contributed by atoms with Crippen LogP contribution in [0, 0.1) is 5.92 Å². The molecule has 2 aromatic rings. The molecule has 1 atom stereocenters. The normalized spacial score (nSPS) is 18.8.